The second kappa shape index (κ2) is 10.6. The molecule has 28 heavy (non-hydrogen) atoms. The van der Waals surface area contributed by atoms with Gasteiger partial charge in [0.25, 0.3) is 0 Å². The van der Waals surface area contributed by atoms with Crippen LogP contribution in [0.5, 0.6) is 0 Å². The molecule has 0 saturated carbocycles. The van der Waals surface area contributed by atoms with Crippen molar-refractivity contribution >= 4 is 34.7 Å². The van der Waals surface area contributed by atoms with Crippen LogP contribution >= 0.6 is 22.7 Å². The fourth-order valence-corrected chi connectivity index (χ4v) is 4.09. The molecule has 0 atom stereocenters. The van der Waals surface area contributed by atoms with E-state index < -0.39 is 17.7 Å². The van der Waals surface area contributed by atoms with Crippen molar-refractivity contribution in [2.75, 3.05) is 13.2 Å². The fourth-order valence-electron chi connectivity index (χ4n) is 2.47. The van der Waals surface area contributed by atoms with Crippen LogP contribution in [0, 0.1) is 6.92 Å². The van der Waals surface area contributed by atoms with Gasteiger partial charge in [0, 0.05) is 10.3 Å². The van der Waals surface area contributed by atoms with Crippen LogP contribution in [0.2, 0.25) is 0 Å². The maximum absolute atomic E-state index is 11.6. The van der Waals surface area contributed by atoms with Crippen LogP contribution in [-0.4, -0.2) is 35.8 Å². The van der Waals surface area contributed by atoms with E-state index in [1.165, 1.54) is 10.4 Å². The van der Waals surface area contributed by atoms with Crippen molar-refractivity contribution < 1.29 is 19.1 Å². The van der Waals surface area contributed by atoms with Gasteiger partial charge in [-0.05, 0) is 70.4 Å². The predicted octanol–water partition coefficient (Wildman–Crippen LogP) is 4.30. The summed E-state index contributed by atoms with van der Waals surface area (Å²) in [4.78, 5) is 28.9. The summed E-state index contributed by atoms with van der Waals surface area (Å²) in [7, 11) is 0. The maximum Gasteiger partial charge on any atom is 0.407 e. The molecule has 6 nitrogen and oxygen atoms in total. The highest BCUT2D eigenvalue weighted by molar-refractivity contribution is 7.10. The summed E-state index contributed by atoms with van der Waals surface area (Å²) in [5, 5.41) is 7.81. The van der Waals surface area contributed by atoms with Gasteiger partial charge in [0.15, 0.2) is 0 Å². The molecular formula is C20H28N2O4S2. The van der Waals surface area contributed by atoms with E-state index >= 15 is 0 Å². The van der Waals surface area contributed by atoms with Gasteiger partial charge in [-0.15, -0.1) is 22.7 Å². The lowest BCUT2D eigenvalue weighted by molar-refractivity contribution is -0.153. The minimum Gasteiger partial charge on any atom is -0.459 e. The molecule has 8 heteroatoms. The van der Waals surface area contributed by atoms with Gasteiger partial charge in [0.1, 0.15) is 12.1 Å². The first-order valence-corrected chi connectivity index (χ1v) is 11.1. The van der Waals surface area contributed by atoms with Crippen molar-refractivity contribution in [1.82, 2.24) is 10.3 Å². The summed E-state index contributed by atoms with van der Waals surface area (Å²) in [5.41, 5.74) is 1.91. The number of nitrogens with one attached hydrogen (secondary N) is 1. The maximum atomic E-state index is 11.6. The van der Waals surface area contributed by atoms with Crippen molar-refractivity contribution in [3.05, 3.63) is 38.0 Å². The molecular weight excluding hydrogens is 396 g/mol. The van der Waals surface area contributed by atoms with Gasteiger partial charge in [0.05, 0.1) is 17.3 Å². The van der Waals surface area contributed by atoms with E-state index in [1.807, 2.05) is 6.92 Å². The van der Waals surface area contributed by atoms with Crippen molar-refractivity contribution in [2.45, 2.75) is 59.0 Å². The number of thiazole rings is 1. The number of nitrogens with zero attached hydrogens (tertiary/aromatic N) is 1. The van der Waals surface area contributed by atoms with Gasteiger partial charge in [0.2, 0.25) is 0 Å². The summed E-state index contributed by atoms with van der Waals surface area (Å²) in [6.45, 7) is 7.47. The second-order valence-electron chi connectivity index (χ2n) is 7.46. The molecule has 0 spiro atoms. The Morgan fingerprint density at radius 1 is 1.14 bits per heavy atom. The number of carbonyl (C=O) groups excluding carboxylic acids is 2. The van der Waals surface area contributed by atoms with Gasteiger partial charge >= 0.3 is 12.1 Å². The SMILES string of the molecule is Cc1nc(CCc2csc(CCCOC(=O)NCC(=O)OC(C)(C)C)c2)cs1. The lowest BCUT2D eigenvalue weighted by Gasteiger charge is -2.19. The van der Waals surface area contributed by atoms with Crippen LogP contribution < -0.4 is 5.32 Å². The third kappa shape index (κ3) is 8.84. The number of rotatable bonds is 9. The molecule has 1 amide bonds. The topological polar surface area (TPSA) is 77.5 Å². The number of aromatic nitrogens is 1. The van der Waals surface area contributed by atoms with Crippen LogP contribution in [-0.2, 0) is 33.5 Å². The lowest BCUT2D eigenvalue weighted by atomic mass is 10.1. The zero-order valence-corrected chi connectivity index (χ0v) is 18.5. The van der Waals surface area contributed by atoms with Crippen LogP contribution in [0.3, 0.4) is 0 Å². The molecule has 0 bridgehead atoms. The highest BCUT2D eigenvalue weighted by Crippen LogP contribution is 2.19. The number of hydrogen-bond acceptors (Lipinski definition) is 7. The molecule has 154 valence electrons. The van der Waals surface area contributed by atoms with E-state index in [0.29, 0.717) is 6.61 Å². The van der Waals surface area contributed by atoms with Crippen molar-refractivity contribution in [3.8, 4) is 0 Å². The number of aryl methyl sites for hydroxylation is 4. The van der Waals surface area contributed by atoms with Gasteiger partial charge in [-0.1, -0.05) is 0 Å². The van der Waals surface area contributed by atoms with E-state index in [9.17, 15) is 9.59 Å². The van der Waals surface area contributed by atoms with Gasteiger partial charge in [-0.25, -0.2) is 9.78 Å². The Hall–Kier alpha value is -1.93. The molecule has 2 heterocycles. The van der Waals surface area contributed by atoms with Gasteiger partial charge in [-0.2, -0.15) is 0 Å². The molecule has 0 aliphatic heterocycles. The van der Waals surface area contributed by atoms with Gasteiger partial charge in [-0.3, -0.25) is 4.79 Å². The summed E-state index contributed by atoms with van der Waals surface area (Å²) in [6, 6.07) is 2.21. The van der Waals surface area contributed by atoms with Crippen LogP contribution in [0.1, 0.15) is 48.3 Å². The number of thiophene rings is 1. The standard InChI is InChI=1S/C20H28N2O4S2/c1-14-22-16(13-27-14)8-7-15-10-17(28-12-15)6-5-9-25-19(24)21-11-18(23)26-20(2,3)4/h10,12-13H,5-9,11H2,1-4H3,(H,21,24). The highest BCUT2D eigenvalue weighted by Gasteiger charge is 2.16. The number of amides is 1. The Kier molecular flexibility index (Phi) is 8.44. The first-order valence-electron chi connectivity index (χ1n) is 9.31. The monoisotopic (exact) mass is 424 g/mol. The molecule has 2 aromatic heterocycles. The lowest BCUT2D eigenvalue weighted by Crippen LogP contribution is -2.35. The Labute approximate surface area is 174 Å². The molecule has 0 radical (unpaired) electrons. The summed E-state index contributed by atoms with van der Waals surface area (Å²) in [5.74, 6) is -0.483. The molecule has 0 aliphatic carbocycles. The minimum absolute atomic E-state index is 0.192. The van der Waals surface area contributed by atoms with Crippen LogP contribution in [0.25, 0.3) is 0 Å². The number of carbonyl (C=O) groups is 2. The first kappa shape index (κ1) is 22.4. The molecule has 0 saturated heterocycles. The van der Waals surface area contributed by atoms with E-state index in [0.717, 1.165) is 36.4 Å². The van der Waals surface area contributed by atoms with Crippen molar-refractivity contribution in [3.63, 3.8) is 0 Å². The Morgan fingerprint density at radius 2 is 1.93 bits per heavy atom. The smallest absolute Gasteiger partial charge is 0.407 e. The Morgan fingerprint density at radius 3 is 2.61 bits per heavy atom. The average Bonchev–Trinajstić information content (AvgIpc) is 3.22. The van der Waals surface area contributed by atoms with Crippen molar-refractivity contribution in [2.24, 2.45) is 0 Å². The zero-order chi connectivity index (χ0) is 20.6. The molecule has 0 unspecified atom stereocenters. The summed E-state index contributed by atoms with van der Waals surface area (Å²) in [6.07, 6.45) is 2.95. The zero-order valence-electron chi connectivity index (χ0n) is 16.9. The number of hydrogen-bond donors (Lipinski definition) is 1. The summed E-state index contributed by atoms with van der Waals surface area (Å²) < 4.78 is 10.2. The second-order valence-corrected chi connectivity index (χ2v) is 9.52. The molecule has 2 rings (SSSR count). The normalized spacial score (nSPS) is 11.3. The molecule has 1 N–H and O–H groups in total. The number of esters is 1. The fraction of sp³-hybridized carbons (Fsp3) is 0.550. The van der Waals surface area contributed by atoms with Gasteiger partial charge < -0.3 is 14.8 Å². The Balaban J connectivity index is 1.58. The molecule has 0 aromatic carbocycles. The Bertz CT molecular complexity index is 777. The molecule has 0 aliphatic rings. The number of alkyl carbamates (subject to hydrolysis) is 1. The largest absolute Gasteiger partial charge is 0.459 e. The minimum atomic E-state index is -0.601. The van der Waals surface area contributed by atoms with Crippen LogP contribution in [0.4, 0.5) is 4.79 Å². The predicted molar refractivity (Wildman–Crippen MR) is 112 cm³/mol. The van der Waals surface area contributed by atoms with E-state index in [1.54, 1.807) is 43.4 Å². The first-order chi connectivity index (χ1) is 13.2. The van der Waals surface area contributed by atoms with E-state index in [-0.39, 0.29) is 6.54 Å². The third-order valence-electron chi connectivity index (χ3n) is 3.64. The number of ether oxygens (including phenoxy) is 2. The van der Waals surface area contributed by atoms with Crippen molar-refractivity contribution in [1.29, 1.82) is 0 Å². The quantitative estimate of drug-likeness (QED) is 0.480. The summed E-state index contributed by atoms with van der Waals surface area (Å²) >= 11 is 3.42. The molecule has 0 fully saturated rings. The molecule has 2 aromatic rings. The van der Waals surface area contributed by atoms with Crippen LogP contribution in [0.15, 0.2) is 16.8 Å². The highest BCUT2D eigenvalue weighted by atomic mass is 32.1. The van der Waals surface area contributed by atoms with E-state index in [4.69, 9.17) is 9.47 Å². The average molecular weight is 425 g/mol. The third-order valence-corrected chi connectivity index (χ3v) is 5.51. The van der Waals surface area contributed by atoms with E-state index in [2.05, 4.69) is 27.1 Å².